The maximum absolute atomic E-state index is 10.5. The molecule has 0 aromatic heterocycles. The Labute approximate surface area is 103 Å². The van der Waals surface area contributed by atoms with Gasteiger partial charge < -0.3 is 9.90 Å². The van der Waals surface area contributed by atoms with E-state index in [0.717, 1.165) is 30.5 Å². The lowest BCUT2D eigenvalue weighted by molar-refractivity contribution is -0.134. The molecular formula is C12H13BrO3. The summed E-state index contributed by atoms with van der Waals surface area (Å²) in [5.74, 6) is -0.616. The van der Waals surface area contributed by atoms with E-state index in [1.165, 1.54) is 11.1 Å². The molecule has 0 saturated heterocycles. The Morgan fingerprint density at radius 1 is 1.44 bits per heavy atom. The highest BCUT2D eigenvalue weighted by molar-refractivity contribution is 9.10. The number of carbonyl (C=O) groups is 2. The predicted octanol–water partition coefficient (Wildman–Crippen LogP) is 2.45. The third kappa shape index (κ3) is 3.77. The van der Waals surface area contributed by atoms with Crippen molar-refractivity contribution in [3.63, 3.8) is 0 Å². The van der Waals surface area contributed by atoms with Crippen LogP contribution in [0.2, 0.25) is 0 Å². The van der Waals surface area contributed by atoms with Crippen LogP contribution in [0.1, 0.15) is 18.1 Å². The Kier molecular flexibility index (Phi) is 4.68. The molecule has 0 amide bonds. The van der Waals surface area contributed by atoms with Gasteiger partial charge in [0.1, 0.15) is 6.29 Å². The van der Waals surface area contributed by atoms with Crippen LogP contribution >= 0.6 is 15.9 Å². The molecule has 1 aliphatic carbocycles. The number of carboxylic acids is 1. The van der Waals surface area contributed by atoms with Crippen LogP contribution in [0, 0.1) is 5.92 Å². The minimum absolute atomic E-state index is 0.217. The fourth-order valence-electron chi connectivity index (χ4n) is 1.72. The van der Waals surface area contributed by atoms with Crippen LogP contribution in [0.4, 0.5) is 0 Å². The van der Waals surface area contributed by atoms with E-state index in [9.17, 15) is 4.79 Å². The summed E-state index contributed by atoms with van der Waals surface area (Å²) in [5.41, 5.74) is 2.65. The largest absolute Gasteiger partial charge is 0.481 e. The summed E-state index contributed by atoms with van der Waals surface area (Å²) in [6.07, 6.45) is 2.90. The molecule has 1 aromatic carbocycles. The molecule has 0 radical (unpaired) electrons. The molecule has 0 bridgehead atoms. The van der Waals surface area contributed by atoms with Crippen LogP contribution < -0.4 is 0 Å². The molecule has 2 rings (SSSR count). The molecule has 1 N–H and O–H groups in total. The van der Waals surface area contributed by atoms with Gasteiger partial charge in [0.15, 0.2) is 0 Å². The lowest BCUT2D eigenvalue weighted by Gasteiger charge is -1.96. The highest BCUT2D eigenvalue weighted by atomic mass is 79.9. The van der Waals surface area contributed by atoms with Gasteiger partial charge in [-0.3, -0.25) is 4.79 Å². The smallest absolute Gasteiger partial charge is 0.300 e. The maximum atomic E-state index is 10.5. The van der Waals surface area contributed by atoms with Crippen molar-refractivity contribution in [2.45, 2.75) is 19.8 Å². The van der Waals surface area contributed by atoms with Crippen LogP contribution in [0.5, 0.6) is 0 Å². The molecule has 86 valence electrons. The van der Waals surface area contributed by atoms with Crippen molar-refractivity contribution in [2.24, 2.45) is 5.92 Å². The lowest BCUT2D eigenvalue weighted by atomic mass is 10.1. The minimum atomic E-state index is -0.833. The molecule has 4 heteroatoms. The summed E-state index contributed by atoms with van der Waals surface area (Å²) in [7, 11) is 0. The van der Waals surface area contributed by atoms with E-state index >= 15 is 0 Å². The van der Waals surface area contributed by atoms with Crippen LogP contribution in [-0.4, -0.2) is 17.4 Å². The summed E-state index contributed by atoms with van der Waals surface area (Å²) in [6, 6.07) is 6.24. The van der Waals surface area contributed by atoms with Gasteiger partial charge in [0.25, 0.3) is 5.97 Å². The zero-order chi connectivity index (χ0) is 12.1. The van der Waals surface area contributed by atoms with Crippen molar-refractivity contribution < 1.29 is 14.7 Å². The van der Waals surface area contributed by atoms with E-state index in [4.69, 9.17) is 9.90 Å². The van der Waals surface area contributed by atoms with Gasteiger partial charge in [-0.2, -0.15) is 0 Å². The number of carboxylic acid groups (broad SMARTS) is 1. The van der Waals surface area contributed by atoms with E-state index in [2.05, 4.69) is 28.1 Å². The van der Waals surface area contributed by atoms with Crippen LogP contribution in [-0.2, 0) is 22.4 Å². The van der Waals surface area contributed by atoms with Crippen molar-refractivity contribution in [3.05, 3.63) is 33.8 Å². The van der Waals surface area contributed by atoms with Gasteiger partial charge in [0, 0.05) is 17.3 Å². The fourth-order valence-corrected chi connectivity index (χ4v) is 2.13. The van der Waals surface area contributed by atoms with E-state index < -0.39 is 5.97 Å². The van der Waals surface area contributed by atoms with Gasteiger partial charge in [-0.1, -0.05) is 22.0 Å². The number of fused-ring (bicyclic) bond motifs is 1. The average molecular weight is 285 g/mol. The lowest BCUT2D eigenvalue weighted by Crippen LogP contribution is -1.99. The zero-order valence-electron chi connectivity index (χ0n) is 8.94. The van der Waals surface area contributed by atoms with E-state index in [1.54, 1.807) is 0 Å². The van der Waals surface area contributed by atoms with E-state index in [0.29, 0.717) is 0 Å². The third-order valence-electron chi connectivity index (χ3n) is 2.32. The molecule has 0 heterocycles. The van der Waals surface area contributed by atoms with E-state index in [1.807, 2.05) is 6.07 Å². The summed E-state index contributed by atoms with van der Waals surface area (Å²) in [6.45, 7) is 1.08. The number of rotatable bonds is 1. The summed E-state index contributed by atoms with van der Waals surface area (Å²) in [4.78, 5) is 19.5. The van der Waals surface area contributed by atoms with Crippen molar-refractivity contribution in [2.75, 3.05) is 0 Å². The number of halogens is 1. The van der Waals surface area contributed by atoms with Gasteiger partial charge in [-0.05, 0) is 36.1 Å². The maximum Gasteiger partial charge on any atom is 0.300 e. The Bertz CT molecular complexity index is 397. The van der Waals surface area contributed by atoms with Crippen LogP contribution in [0.25, 0.3) is 0 Å². The van der Waals surface area contributed by atoms with Crippen molar-refractivity contribution in [3.8, 4) is 0 Å². The quantitative estimate of drug-likeness (QED) is 0.806. The number of benzene rings is 1. The van der Waals surface area contributed by atoms with Crippen molar-refractivity contribution in [1.29, 1.82) is 0 Å². The molecule has 0 fully saturated rings. The standard InChI is InChI=1S/C10H9BrO.C2H4O2/c11-10-2-1-8-3-7(6-12)4-9(8)5-10;1-2(3)4/h1-2,5-7H,3-4H2;1H3,(H,3,4). The molecule has 16 heavy (non-hydrogen) atoms. The second kappa shape index (κ2) is 5.80. The third-order valence-corrected chi connectivity index (χ3v) is 2.82. The second-order valence-electron chi connectivity index (χ2n) is 3.74. The van der Waals surface area contributed by atoms with Gasteiger partial charge in [-0.25, -0.2) is 0 Å². The minimum Gasteiger partial charge on any atom is -0.481 e. The zero-order valence-corrected chi connectivity index (χ0v) is 10.5. The van der Waals surface area contributed by atoms with Crippen molar-refractivity contribution >= 4 is 28.2 Å². The predicted molar refractivity (Wildman–Crippen MR) is 64.4 cm³/mol. The highest BCUT2D eigenvalue weighted by Crippen LogP contribution is 2.27. The Morgan fingerprint density at radius 3 is 2.56 bits per heavy atom. The molecule has 1 aromatic rings. The molecular weight excluding hydrogens is 272 g/mol. The van der Waals surface area contributed by atoms with Gasteiger partial charge in [0.05, 0.1) is 0 Å². The number of aliphatic carboxylic acids is 1. The van der Waals surface area contributed by atoms with Gasteiger partial charge >= 0.3 is 0 Å². The fraction of sp³-hybridized carbons (Fsp3) is 0.333. The van der Waals surface area contributed by atoms with Crippen LogP contribution in [0.15, 0.2) is 22.7 Å². The topological polar surface area (TPSA) is 54.4 Å². The molecule has 1 atom stereocenters. The normalized spacial score (nSPS) is 17.0. The van der Waals surface area contributed by atoms with Crippen LogP contribution in [0.3, 0.4) is 0 Å². The first-order valence-electron chi connectivity index (χ1n) is 4.95. The number of hydrogen-bond donors (Lipinski definition) is 1. The molecule has 0 saturated carbocycles. The SMILES string of the molecule is CC(=O)O.O=CC1Cc2ccc(Br)cc2C1. The summed E-state index contributed by atoms with van der Waals surface area (Å²) in [5, 5.41) is 7.42. The molecule has 3 nitrogen and oxygen atoms in total. The van der Waals surface area contributed by atoms with Gasteiger partial charge in [-0.15, -0.1) is 0 Å². The Morgan fingerprint density at radius 2 is 2.00 bits per heavy atom. The summed E-state index contributed by atoms with van der Waals surface area (Å²) >= 11 is 3.42. The van der Waals surface area contributed by atoms with Crippen molar-refractivity contribution in [1.82, 2.24) is 0 Å². The first-order valence-corrected chi connectivity index (χ1v) is 5.74. The molecule has 1 unspecified atom stereocenters. The molecule has 0 spiro atoms. The van der Waals surface area contributed by atoms with E-state index in [-0.39, 0.29) is 5.92 Å². The highest BCUT2D eigenvalue weighted by Gasteiger charge is 2.20. The second-order valence-corrected chi connectivity index (χ2v) is 4.65. The number of aldehydes is 1. The summed E-state index contributed by atoms with van der Waals surface area (Å²) < 4.78 is 1.10. The monoisotopic (exact) mass is 284 g/mol. The Balaban J connectivity index is 0.000000280. The molecule has 0 aliphatic heterocycles. The van der Waals surface area contributed by atoms with Gasteiger partial charge in [0.2, 0.25) is 0 Å². The molecule has 1 aliphatic rings. The Hall–Kier alpha value is -1.16. The number of hydrogen-bond acceptors (Lipinski definition) is 2. The first kappa shape index (κ1) is 12.9. The number of carbonyl (C=O) groups excluding carboxylic acids is 1. The first-order chi connectivity index (χ1) is 7.52. The average Bonchev–Trinajstić information content (AvgIpc) is 2.58.